The number of nitrogens with two attached hydrogens (primary N) is 1. The summed E-state index contributed by atoms with van der Waals surface area (Å²) in [7, 11) is -4.49. The highest BCUT2D eigenvalue weighted by Crippen LogP contribution is 2.43. The molecule has 0 aliphatic carbocycles. The second kappa shape index (κ2) is 39.4. The number of unbranched alkanes of at least 4 members (excludes halogenated alkanes) is 14. The summed E-state index contributed by atoms with van der Waals surface area (Å²) in [6, 6.07) is 0. The van der Waals surface area contributed by atoms with Gasteiger partial charge < -0.3 is 40.5 Å². The molecule has 340 valence electrons. The average Bonchev–Trinajstić information content (AvgIpc) is 3.20. The minimum atomic E-state index is -4.49. The zero-order valence-corrected chi connectivity index (χ0v) is 36.8. The van der Waals surface area contributed by atoms with E-state index in [0.29, 0.717) is 19.3 Å². The van der Waals surface area contributed by atoms with Crippen LogP contribution in [0.25, 0.3) is 0 Å². The fourth-order valence-corrected chi connectivity index (χ4v) is 6.34. The number of hydrogen-bond acceptors (Lipinski definition) is 12. The molecule has 0 aromatic carbocycles. The number of rotatable bonds is 39. The molecule has 6 unspecified atom stereocenters. The van der Waals surface area contributed by atoms with Gasteiger partial charge in [0.25, 0.3) is 0 Å². The lowest BCUT2D eigenvalue weighted by Crippen LogP contribution is -2.30. The first-order valence-corrected chi connectivity index (χ1v) is 23.3. The highest BCUT2D eigenvalue weighted by Gasteiger charge is 2.26. The zero-order valence-electron chi connectivity index (χ0n) is 35.9. The largest absolute Gasteiger partial charge is 0.472 e. The minimum Gasteiger partial charge on any atom is -0.462 e. The molecule has 0 aliphatic heterocycles. The van der Waals surface area contributed by atoms with Crippen molar-refractivity contribution in [2.24, 2.45) is 5.73 Å². The Hall–Kier alpha value is -2.71. The molecule has 0 fully saturated rings. The average molecular weight is 856 g/mol. The van der Waals surface area contributed by atoms with Gasteiger partial charge in [-0.05, 0) is 32.6 Å². The van der Waals surface area contributed by atoms with Crippen LogP contribution in [0.1, 0.15) is 142 Å². The van der Waals surface area contributed by atoms with Crippen molar-refractivity contribution in [1.29, 1.82) is 0 Å². The Morgan fingerprint density at radius 3 is 1.83 bits per heavy atom. The van der Waals surface area contributed by atoms with Gasteiger partial charge in [0.2, 0.25) is 0 Å². The third kappa shape index (κ3) is 40.5. The second-order valence-electron chi connectivity index (χ2n) is 14.7. The van der Waals surface area contributed by atoms with Crippen molar-refractivity contribution in [3.8, 4) is 0 Å². The Morgan fingerprint density at radius 2 is 1.24 bits per heavy atom. The summed E-state index contributed by atoms with van der Waals surface area (Å²) in [6.07, 6.45) is 34.5. The second-order valence-corrected chi connectivity index (χ2v) is 16.1. The van der Waals surface area contributed by atoms with Crippen LogP contribution in [-0.4, -0.2) is 94.1 Å². The first kappa shape index (κ1) is 56.3. The summed E-state index contributed by atoms with van der Waals surface area (Å²) in [5, 5.41) is 39.7. The zero-order chi connectivity index (χ0) is 43.8. The molecule has 7 N–H and O–H groups in total. The van der Waals surface area contributed by atoms with Crippen LogP contribution in [0.4, 0.5) is 0 Å². The normalized spacial score (nSPS) is 16.1. The highest BCUT2D eigenvalue weighted by atomic mass is 31.2. The van der Waals surface area contributed by atoms with E-state index in [2.05, 4.69) is 6.92 Å². The summed E-state index contributed by atoms with van der Waals surface area (Å²) >= 11 is 0. The van der Waals surface area contributed by atoms with Crippen molar-refractivity contribution in [3.63, 3.8) is 0 Å². The van der Waals surface area contributed by atoms with E-state index in [9.17, 15) is 39.5 Å². The molecule has 0 radical (unpaired) electrons. The van der Waals surface area contributed by atoms with Crippen LogP contribution in [0.3, 0.4) is 0 Å². The Bertz CT molecular complexity index is 1270. The summed E-state index contributed by atoms with van der Waals surface area (Å²) in [5.74, 6) is -1.24. The van der Waals surface area contributed by atoms with Gasteiger partial charge >= 0.3 is 19.8 Å². The molecular weight excluding hydrogens is 777 g/mol. The number of aliphatic hydroxyl groups excluding tert-OH is 4. The van der Waals surface area contributed by atoms with E-state index in [0.717, 1.165) is 19.3 Å². The molecule has 0 saturated heterocycles. The lowest BCUT2D eigenvalue weighted by atomic mass is 10.0. The molecule has 0 aromatic heterocycles. The lowest BCUT2D eigenvalue weighted by Gasteiger charge is -2.20. The van der Waals surface area contributed by atoms with Crippen molar-refractivity contribution in [2.75, 3.05) is 26.4 Å². The molecule has 14 heteroatoms. The smallest absolute Gasteiger partial charge is 0.462 e. The van der Waals surface area contributed by atoms with Crippen LogP contribution in [0.15, 0.2) is 72.9 Å². The predicted octanol–water partition coefficient (Wildman–Crippen LogP) is 8.16. The number of carbonyl (C=O) groups is 2. The van der Waals surface area contributed by atoms with E-state index in [1.807, 2.05) is 18.2 Å². The van der Waals surface area contributed by atoms with Gasteiger partial charge in [-0.2, -0.15) is 0 Å². The van der Waals surface area contributed by atoms with Gasteiger partial charge in [0.05, 0.1) is 37.6 Å². The van der Waals surface area contributed by atoms with Gasteiger partial charge in [0, 0.05) is 19.4 Å². The number of phosphoric acid groups is 1. The van der Waals surface area contributed by atoms with Crippen LogP contribution in [0.5, 0.6) is 0 Å². The van der Waals surface area contributed by atoms with Crippen molar-refractivity contribution >= 4 is 19.8 Å². The minimum absolute atomic E-state index is 0.0145. The number of allylic oxidation sites excluding steroid dienone is 6. The van der Waals surface area contributed by atoms with Gasteiger partial charge in [-0.15, -0.1) is 0 Å². The van der Waals surface area contributed by atoms with Crippen LogP contribution >= 0.6 is 7.82 Å². The van der Waals surface area contributed by atoms with E-state index in [1.165, 1.54) is 88.9 Å². The SMILES string of the molecule is CCCCCCCCCCCCCCCCCC(=O)OCC(COP(=O)(O)OCCN)OC(=O)CCC(O)/C=C/C(O)/C=C/C=C/C=C\C(O)C/C=C/C/C=C\C(C)O. The van der Waals surface area contributed by atoms with Crippen molar-refractivity contribution in [2.45, 2.75) is 173 Å². The number of hydrogen-bond donors (Lipinski definition) is 6. The van der Waals surface area contributed by atoms with Crippen LogP contribution in [-0.2, 0) is 32.7 Å². The Kier molecular flexibility index (Phi) is 37.6. The van der Waals surface area contributed by atoms with Gasteiger partial charge in [-0.25, -0.2) is 4.57 Å². The summed E-state index contributed by atoms with van der Waals surface area (Å²) in [5.41, 5.74) is 5.32. The van der Waals surface area contributed by atoms with Crippen molar-refractivity contribution < 1.29 is 58.0 Å². The van der Waals surface area contributed by atoms with Gasteiger partial charge in [0.1, 0.15) is 6.61 Å². The van der Waals surface area contributed by atoms with Gasteiger partial charge in [-0.1, -0.05) is 170 Å². The number of esters is 2. The third-order valence-corrected chi connectivity index (χ3v) is 9.87. The molecule has 0 aliphatic rings. The van der Waals surface area contributed by atoms with Gasteiger partial charge in [-0.3, -0.25) is 18.6 Å². The summed E-state index contributed by atoms with van der Waals surface area (Å²) in [4.78, 5) is 34.9. The quantitative estimate of drug-likeness (QED) is 0.0113. The molecule has 0 saturated carbocycles. The number of carbonyl (C=O) groups excluding carboxylic acids is 2. The van der Waals surface area contributed by atoms with E-state index in [1.54, 1.807) is 43.4 Å². The Balaban J connectivity index is 4.57. The first-order chi connectivity index (χ1) is 28.4. The first-order valence-electron chi connectivity index (χ1n) is 21.8. The fraction of sp³-hybridized carbons (Fsp3) is 0.689. The number of phosphoric ester groups is 1. The maximum atomic E-state index is 12.6. The molecule has 0 spiro atoms. The Labute approximate surface area is 354 Å². The number of ether oxygens (including phenoxy) is 2. The standard InChI is InChI=1S/C45H78NO12P/c1-3-4-5-6-7-8-9-10-11-12-13-14-15-16-25-30-44(51)55-37-43(38-57-59(53,54)56-36-35-46)58-45(52)34-33-42(50)32-31-41(49)29-24-20-19-23-28-40(48)27-22-18-17-21-26-39(2)47/h18-24,26,28-29,31-32,39-43,47-50H,3-17,25,27,30,33-38,46H2,1-2H3,(H,53,54)/b20-19+,22-18+,26-21-,28-23-,29-24+,32-31+. The molecular formula is C45H78NO12P. The maximum Gasteiger partial charge on any atom is 0.472 e. The lowest BCUT2D eigenvalue weighted by molar-refractivity contribution is -0.161. The maximum absolute atomic E-state index is 12.6. The Morgan fingerprint density at radius 1 is 0.644 bits per heavy atom. The third-order valence-electron chi connectivity index (χ3n) is 8.89. The molecule has 0 aromatic rings. The highest BCUT2D eigenvalue weighted by molar-refractivity contribution is 7.47. The van der Waals surface area contributed by atoms with E-state index < -0.39 is 63.5 Å². The predicted molar refractivity (Wildman–Crippen MR) is 234 cm³/mol. The topological polar surface area (TPSA) is 215 Å². The molecule has 13 nitrogen and oxygen atoms in total. The molecule has 6 atom stereocenters. The van der Waals surface area contributed by atoms with E-state index in [-0.39, 0.29) is 32.4 Å². The molecule has 59 heavy (non-hydrogen) atoms. The molecule has 0 bridgehead atoms. The van der Waals surface area contributed by atoms with Crippen molar-refractivity contribution in [3.05, 3.63) is 72.9 Å². The number of aliphatic hydroxyl groups is 4. The molecule has 0 rings (SSSR count). The fourth-order valence-electron chi connectivity index (χ4n) is 5.57. The van der Waals surface area contributed by atoms with Crippen LogP contribution in [0.2, 0.25) is 0 Å². The molecule has 0 amide bonds. The summed E-state index contributed by atoms with van der Waals surface area (Å²) < 4.78 is 32.5. The van der Waals surface area contributed by atoms with Crippen molar-refractivity contribution in [1.82, 2.24) is 0 Å². The monoisotopic (exact) mass is 856 g/mol. The van der Waals surface area contributed by atoms with E-state index in [4.69, 9.17) is 24.3 Å². The molecule has 0 heterocycles. The van der Waals surface area contributed by atoms with Crippen LogP contribution in [0, 0.1) is 0 Å². The van der Waals surface area contributed by atoms with Gasteiger partial charge in [0.15, 0.2) is 6.10 Å². The van der Waals surface area contributed by atoms with Crippen LogP contribution < -0.4 is 5.73 Å². The summed E-state index contributed by atoms with van der Waals surface area (Å²) in [6.45, 7) is 2.70. The van der Waals surface area contributed by atoms with E-state index >= 15 is 0 Å².